The average molecular weight is 332 g/mol. The second-order valence-electron chi connectivity index (χ2n) is 9.48. The molecule has 0 aromatic carbocycles. The molecule has 6 fully saturated rings. The maximum absolute atomic E-state index is 13.1. The van der Waals surface area contributed by atoms with E-state index in [4.69, 9.17) is 0 Å². The highest BCUT2D eigenvalue weighted by atomic mass is 16.2. The molecule has 6 aliphatic rings. The zero-order chi connectivity index (χ0) is 16.1. The van der Waals surface area contributed by atoms with Gasteiger partial charge in [-0.25, -0.2) is 0 Å². The van der Waals surface area contributed by atoms with Crippen molar-refractivity contribution >= 4 is 5.91 Å². The van der Waals surface area contributed by atoms with Gasteiger partial charge in [0.1, 0.15) is 0 Å². The van der Waals surface area contributed by atoms with Crippen LogP contribution in [-0.2, 0) is 4.79 Å². The van der Waals surface area contributed by atoms with Crippen LogP contribution in [0.3, 0.4) is 0 Å². The van der Waals surface area contributed by atoms with Crippen LogP contribution in [0.2, 0.25) is 0 Å². The highest BCUT2D eigenvalue weighted by Gasteiger charge is 2.49. The second-order valence-corrected chi connectivity index (χ2v) is 9.48. The van der Waals surface area contributed by atoms with E-state index in [2.05, 4.69) is 15.5 Å². The molecule has 134 valence electrons. The molecule has 6 rings (SSSR count). The summed E-state index contributed by atoms with van der Waals surface area (Å²) in [6, 6.07) is 0.656. The van der Waals surface area contributed by atoms with Crippen LogP contribution >= 0.6 is 0 Å². The van der Waals surface area contributed by atoms with Crippen molar-refractivity contribution < 1.29 is 4.79 Å². The maximum Gasteiger partial charge on any atom is 0.237 e. The summed E-state index contributed by atoms with van der Waals surface area (Å²) in [5, 5.41) is 7.03. The third-order valence-corrected chi connectivity index (χ3v) is 7.86. The maximum atomic E-state index is 13.1. The predicted octanol–water partition coefficient (Wildman–Crippen LogP) is 2.00. The van der Waals surface area contributed by atoms with Gasteiger partial charge in [0.2, 0.25) is 5.91 Å². The predicted molar refractivity (Wildman–Crippen MR) is 94.5 cm³/mol. The van der Waals surface area contributed by atoms with Gasteiger partial charge in [0.05, 0.1) is 6.04 Å². The molecule has 24 heavy (non-hydrogen) atoms. The molecule has 4 aliphatic carbocycles. The van der Waals surface area contributed by atoms with Crippen molar-refractivity contribution in [1.82, 2.24) is 15.5 Å². The summed E-state index contributed by atoms with van der Waals surface area (Å²) in [7, 11) is 0. The molecule has 2 atom stereocenters. The van der Waals surface area contributed by atoms with Gasteiger partial charge in [-0.1, -0.05) is 0 Å². The lowest BCUT2D eigenvalue weighted by molar-refractivity contribution is -0.129. The molecule has 2 heterocycles. The molecule has 0 radical (unpaired) electrons. The fourth-order valence-corrected chi connectivity index (χ4v) is 6.96. The van der Waals surface area contributed by atoms with Gasteiger partial charge in [-0.3, -0.25) is 9.69 Å². The number of carbonyl (C=O) groups excluding carboxylic acids is 1. The number of hydrogen-bond donors (Lipinski definition) is 2. The van der Waals surface area contributed by atoms with Crippen molar-refractivity contribution in [2.24, 2.45) is 29.6 Å². The largest absolute Gasteiger partial charge is 0.351 e. The molecule has 4 heteroatoms. The molecular weight excluding hydrogens is 298 g/mol. The molecular formula is C20H33N3O. The van der Waals surface area contributed by atoms with Crippen molar-refractivity contribution in [1.29, 1.82) is 0 Å². The van der Waals surface area contributed by atoms with Crippen LogP contribution in [-0.4, -0.2) is 49.1 Å². The van der Waals surface area contributed by atoms with Crippen molar-refractivity contribution in [2.75, 3.05) is 26.2 Å². The Morgan fingerprint density at radius 3 is 2.46 bits per heavy atom. The fourth-order valence-electron chi connectivity index (χ4n) is 6.96. The number of likely N-dealkylation sites (tertiary alicyclic amines) is 1. The van der Waals surface area contributed by atoms with Crippen molar-refractivity contribution in [3.05, 3.63) is 0 Å². The normalized spacial score (nSPS) is 47.4. The van der Waals surface area contributed by atoms with Gasteiger partial charge in [-0.05, 0) is 101 Å². The van der Waals surface area contributed by atoms with Gasteiger partial charge in [0.15, 0.2) is 0 Å². The van der Waals surface area contributed by atoms with Crippen LogP contribution < -0.4 is 10.6 Å². The first-order valence-corrected chi connectivity index (χ1v) is 10.5. The van der Waals surface area contributed by atoms with Crippen molar-refractivity contribution in [2.45, 2.75) is 63.5 Å². The first-order valence-electron chi connectivity index (χ1n) is 10.5. The lowest BCUT2D eigenvalue weighted by Gasteiger charge is -2.54. The topological polar surface area (TPSA) is 44.4 Å². The molecule has 0 aromatic rings. The third kappa shape index (κ3) is 2.80. The molecule has 0 aromatic heterocycles. The van der Waals surface area contributed by atoms with E-state index in [0.717, 1.165) is 62.2 Å². The van der Waals surface area contributed by atoms with Gasteiger partial charge >= 0.3 is 0 Å². The van der Waals surface area contributed by atoms with Gasteiger partial charge in [-0.15, -0.1) is 0 Å². The van der Waals surface area contributed by atoms with E-state index in [0.29, 0.717) is 11.9 Å². The van der Waals surface area contributed by atoms with Crippen LogP contribution in [0.25, 0.3) is 0 Å². The van der Waals surface area contributed by atoms with Gasteiger partial charge in [-0.2, -0.15) is 0 Å². The highest BCUT2D eigenvalue weighted by molar-refractivity contribution is 5.82. The minimum atomic E-state index is 0.155. The molecule has 0 spiro atoms. The second kappa shape index (κ2) is 6.28. The van der Waals surface area contributed by atoms with E-state index < -0.39 is 0 Å². The molecule has 4 saturated carbocycles. The van der Waals surface area contributed by atoms with E-state index >= 15 is 0 Å². The minimum Gasteiger partial charge on any atom is -0.351 e. The zero-order valence-electron chi connectivity index (χ0n) is 14.9. The Hall–Kier alpha value is -0.610. The van der Waals surface area contributed by atoms with E-state index in [1.807, 2.05) is 0 Å². The summed E-state index contributed by atoms with van der Waals surface area (Å²) in [6.45, 7) is 4.53. The van der Waals surface area contributed by atoms with Crippen LogP contribution in [0, 0.1) is 29.6 Å². The summed E-state index contributed by atoms with van der Waals surface area (Å²) < 4.78 is 0. The Kier molecular flexibility index (Phi) is 4.09. The number of nitrogens with zero attached hydrogens (tertiary/aromatic N) is 1. The number of nitrogens with one attached hydrogen (secondary N) is 2. The number of hydrogen-bond acceptors (Lipinski definition) is 3. The van der Waals surface area contributed by atoms with Gasteiger partial charge in [0.25, 0.3) is 0 Å². The Balaban J connectivity index is 1.21. The summed E-state index contributed by atoms with van der Waals surface area (Å²) in [5.41, 5.74) is 0. The summed E-state index contributed by atoms with van der Waals surface area (Å²) >= 11 is 0. The summed E-state index contributed by atoms with van der Waals surface area (Å²) in [5.74, 6) is 4.66. The zero-order valence-corrected chi connectivity index (χ0v) is 14.9. The van der Waals surface area contributed by atoms with E-state index in [1.54, 1.807) is 0 Å². The summed E-state index contributed by atoms with van der Waals surface area (Å²) in [6.07, 6.45) is 10.6. The van der Waals surface area contributed by atoms with Crippen LogP contribution in [0.1, 0.15) is 51.4 Å². The fraction of sp³-hybridized carbons (Fsp3) is 0.950. The van der Waals surface area contributed by atoms with Gasteiger partial charge in [0, 0.05) is 12.6 Å². The molecule has 1 unspecified atom stereocenters. The standard InChI is InChI=1S/C20H33N3O/c24-20(18-2-1-5-23(18)12-13-3-4-21-11-13)22-19-16-7-14-6-15(9-16)10-17(19)8-14/h13-19,21H,1-12H2,(H,22,24)/t13?,14?,15?,16?,17?,18-,19?/m1/s1. The van der Waals surface area contributed by atoms with Gasteiger partial charge < -0.3 is 10.6 Å². The van der Waals surface area contributed by atoms with Crippen LogP contribution in [0.15, 0.2) is 0 Å². The SMILES string of the molecule is O=C(NC1C2CC3CC(C2)CC1C3)[C@H]1CCCN1CC1CCNC1. The number of rotatable bonds is 4. The lowest BCUT2D eigenvalue weighted by atomic mass is 9.54. The molecule has 1 amide bonds. The molecule has 2 N–H and O–H groups in total. The smallest absolute Gasteiger partial charge is 0.237 e. The first kappa shape index (κ1) is 15.6. The van der Waals surface area contributed by atoms with E-state index in [1.165, 1.54) is 44.9 Å². The minimum absolute atomic E-state index is 0.155. The Labute approximate surface area is 146 Å². The lowest BCUT2D eigenvalue weighted by Crippen LogP contribution is -2.58. The Morgan fingerprint density at radius 2 is 1.79 bits per heavy atom. The first-order chi connectivity index (χ1) is 11.8. The quantitative estimate of drug-likeness (QED) is 0.828. The summed E-state index contributed by atoms with van der Waals surface area (Å²) in [4.78, 5) is 15.5. The van der Waals surface area contributed by atoms with Crippen LogP contribution in [0.5, 0.6) is 0 Å². The van der Waals surface area contributed by atoms with Crippen molar-refractivity contribution in [3.63, 3.8) is 0 Å². The van der Waals surface area contributed by atoms with E-state index in [9.17, 15) is 4.79 Å². The molecule has 4 bridgehead atoms. The van der Waals surface area contributed by atoms with Crippen molar-refractivity contribution in [3.8, 4) is 0 Å². The number of carbonyl (C=O) groups is 1. The monoisotopic (exact) mass is 331 g/mol. The number of amides is 1. The Morgan fingerprint density at radius 1 is 1.04 bits per heavy atom. The highest BCUT2D eigenvalue weighted by Crippen LogP contribution is 2.53. The molecule has 2 aliphatic heterocycles. The molecule has 4 nitrogen and oxygen atoms in total. The average Bonchev–Trinajstić information content (AvgIpc) is 3.22. The Bertz CT molecular complexity index is 459. The third-order valence-electron chi connectivity index (χ3n) is 7.86. The van der Waals surface area contributed by atoms with Crippen LogP contribution in [0.4, 0.5) is 0 Å². The molecule has 2 saturated heterocycles. The van der Waals surface area contributed by atoms with E-state index in [-0.39, 0.29) is 6.04 Å².